The van der Waals surface area contributed by atoms with Gasteiger partial charge in [-0.05, 0) is 45.6 Å². The van der Waals surface area contributed by atoms with Gasteiger partial charge in [-0.15, -0.1) is 0 Å². The van der Waals surface area contributed by atoms with Crippen LogP contribution >= 0.6 is 0 Å². The van der Waals surface area contributed by atoms with E-state index in [0.717, 1.165) is 37.8 Å². The van der Waals surface area contributed by atoms with Gasteiger partial charge in [0.05, 0.1) is 0 Å². The number of ether oxygens (including phenoxy) is 2. The summed E-state index contributed by atoms with van der Waals surface area (Å²) in [7, 11) is 0. The predicted octanol–water partition coefficient (Wildman–Crippen LogP) is 4.15. The lowest BCUT2D eigenvalue weighted by Crippen LogP contribution is -2.28. The van der Waals surface area contributed by atoms with Crippen LogP contribution in [0.2, 0.25) is 0 Å². The van der Waals surface area contributed by atoms with E-state index in [1.54, 1.807) is 20.8 Å². The standard InChI is InChI=1S/C20H26O4/c1-20(2,3)24-19(22)14-13-18(21)23-17-12-8-7-11-16(17)15-9-5-4-6-10-15/h4-6,9-10,13-14,16-17H,7-8,11-12H2,1-3H3/b14-13-/t16-,17+/m0/s1. The van der Waals surface area contributed by atoms with E-state index in [1.165, 1.54) is 5.56 Å². The van der Waals surface area contributed by atoms with Gasteiger partial charge in [-0.3, -0.25) is 0 Å². The summed E-state index contributed by atoms with van der Waals surface area (Å²) in [4.78, 5) is 23.7. The normalized spacial score (nSPS) is 21.5. The molecule has 0 heterocycles. The second kappa shape index (κ2) is 8.13. The molecule has 130 valence electrons. The third kappa shape index (κ3) is 5.84. The number of esters is 2. The van der Waals surface area contributed by atoms with Crippen LogP contribution in [0.5, 0.6) is 0 Å². The molecular weight excluding hydrogens is 304 g/mol. The van der Waals surface area contributed by atoms with Crippen molar-refractivity contribution in [3.8, 4) is 0 Å². The van der Waals surface area contributed by atoms with Gasteiger partial charge in [0, 0.05) is 18.1 Å². The molecule has 0 N–H and O–H groups in total. The van der Waals surface area contributed by atoms with Crippen LogP contribution in [-0.2, 0) is 19.1 Å². The Morgan fingerprint density at radius 2 is 1.62 bits per heavy atom. The van der Waals surface area contributed by atoms with Crippen LogP contribution in [0, 0.1) is 0 Å². The smallest absolute Gasteiger partial charge is 0.331 e. The van der Waals surface area contributed by atoms with Gasteiger partial charge >= 0.3 is 11.9 Å². The van der Waals surface area contributed by atoms with E-state index < -0.39 is 17.5 Å². The summed E-state index contributed by atoms with van der Waals surface area (Å²) in [6.45, 7) is 5.34. The zero-order valence-corrected chi connectivity index (χ0v) is 14.7. The van der Waals surface area contributed by atoms with E-state index >= 15 is 0 Å². The minimum absolute atomic E-state index is 0.142. The summed E-state index contributed by atoms with van der Waals surface area (Å²) >= 11 is 0. The molecule has 0 amide bonds. The van der Waals surface area contributed by atoms with E-state index in [9.17, 15) is 9.59 Å². The highest BCUT2D eigenvalue weighted by atomic mass is 16.6. The summed E-state index contributed by atoms with van der Waals surface area (Å²) in [5, 5.41) is 0. The van der Waals surface area contributed by atoms with Crippen molar-refractivity contribution in [1.29, 1.82) is 0 Å². The Morgan fingerprint density at radius 3 is 2.29 bits per heavy atom. The van der Waals surface area contributed by atoms with E-state index in [1.807, 2.05) is 18.2 Å². The lowest BCUT2D eigenvalue weighted by molar-refractivity contribution is -0.150. The maximum absolute atomic E-state index is 12.0. The highest BCUT2D eigenvalue weighted by molar-refractivity contribution is 5.91. The third-order valence-electron chi connectivity index (χ3n) is 3.96. The molecule has 1 aromatic rings. The Hall–Kier alpha value is -2.10. The molecule has 1 aliphatic rings. The van der Waals surface area contributed by atoms with Crippen molar-refractivity contribution in [2.24, 2.45) is 0 Å². The van der Waals surface area contributed by atoms with Gasteiger partial charge in [-0.2, -0.15) is 0 Å². The molecule has 0 spiro atoms. The van der Waals surface area contributed by atoms with Crippen molar-refractivity contribution in [2.45, 2.75) is 64.1 Å². The van der Waals surface area contributed by atoms with E-state index in [4.69, 9.17) is 9.47 Å². The average molecular weight is 330 g/mol. The molecule has 0 aromatic heterocycles. The monoisotopic (exact) mass is 330 g/mol. The fourth-order valence-corrected chi connectivity index (χ4v) is 2.98. The second-order valence-electron chi connectivity index (χ2n) is 7.14. The van der Waals surface area contributed by atoms with Crippen molar-refractivity contribution in [3.63, 3.8) is 0 Å². The lowest BCUT2D eigenvalue weighted by atomic mass is 9.81. The minimum Gasteiger partial charge on any atom is -0.459 e. The Morgan fingerprint density at radius 1 is 1.00 bits per heavy atom. The molecule has 1 aliphatic carbocycles. The second-order valence-corrected chi connectivity index (χ2v) is 7.14. The zero-order valence-electron chi connectivity index (χ0n) is 14.7. The number of hydrogen-bond donors (Lipinski definition) is 0. The van der Waals surface area contributed by atoms with Crippen LogP contribution in [0.25, 0.3) is 0 Å². The highest BCUT2D eigenvalue weighted by Crippen LogP contribution is 2.35. The maximum Gasteiger partial charge on any atom is 0.331 e. The topological polar surface area (TPSA) is 52.6 Å². The van der Waals surface area contributed by atoms with Crippen molar-refractivity contribution < 1.29 is 19.1 Å². The number of hydrogen-bond acceptors (Lipinski definition) is 4. The Bertz CT molecular complexity index is 583. The lowest BCUT2D eigenvalue weighted by Gasteiger charge is -2.31. The van der Waals surface area contributed by atoms with E-state index in [2.05, 4.69) is 12.1 Å². The first-order valence-electron chi connectivity index (χ1n) is 8.52. The molecule has 1 fully saturated rings. The predicted molar refractivity (Wildman–Crippen MR) is 92.5 cm³/mol. The first-order chi connectivity index (χ1) is 11.3. The molecule has 0 bridgehead atoms. The summed E-state index contributed by atoms with van der Waals surface area (Å²) in [6, 6.07) is 10.1. The van der Waals surface area contributed by atoms with Crippen molar-refractivity contribution in [2.75, 3.05) is 0 Å². The number of rotatable bonds is 4. The molecule has 0 unspecified atom stereocenters. The van der Waals surface area contributed by atoms with Gasteiger partial charge in [0.25, 0.3) is 0 Å². The Kier molecular flexibility index (Phi) is 6.18. The van der Waals surface area contributed by atoms with Crippen LogP contribution in [0.4, 0.5) is 0 Å². The maximum atomic E-state index is 12.0. The first kappa shape index (κ1) is 18.2. The fraction of sp³-hybridized carbons (Fsp3) is 0.500. The van der Waals surface area contributed by atoms with Gasteiger partial charge in [0.1, 0.15) is 11.7 Å². The molecule has 0 saturated heterocycles. The summed E-state index contributed by atoms with van der Waals surface area (Å²) in [6.07, 6.45) is 6.21. The molecule has 1 saturated carbocycles. The van der Waals surface area contributed by atoms with E-state index in [-0.39, 0.29) is 12.0 Å². The van der Waals surface area contributed by atoms with Gasteiger partial charge in [-0.1, -0.05) is 36.8 Å². The van der Waals surface area contributed by atoms with Crippen LogP contribution in [-0.4, -0.2) is 23.6 Å². The van der Waals surface area contributed by atoms with Crippen LogP contribution in [0.3, 0.4) is 0 Å². The number of benzene rings is 1. The first-order valence-corrected chi connectivity index (χ1v) is 8.52. The van der Waals surface area contributed by atoms with Gasteiger partial charge in [-0.25, -0.2) is 9.59 Å². The van der Waals surface area contributed by atoms with Crippen molar-refractivity contribution in [1.82, 2.24) is 0 Å². The summed E-state index contributed by atoms with van der Waals surface area (Å²) in [5.41, 5.74) is 0.624. The quantitative estimate of drug-likeness (QED) is 0.614. The van der Waals surface area contributed by atoms with Crippen LogP contribution < -0.4 is 0 Å². The largest absolute Gasteiger partial charge is 0.459 e. The zero-order chi connectivity index (χ0) is 17.6. The molecule has 2 atom stereocenters. The Labute approximate surface area is 143 Å². The fourth-order valence-electron chi connectivity index (χ4n) is 2.98. The molecular formula is C20H26O4. The van der Waals surface area contributed by atoms with Crippen LogP contribution in [0.15, 0.2) is 42.5 Å². The molecule has 4 heteroatoms. The SMILES string of the molecule is CC(C)(C)OC(=O)/C=C\C(=O)O[C@@H]1CCCC[C@H]1c1ccccc1. The summed E-state index contributed by atoms with van der Waals surface area (Å²) in [5.74, 6) is -0.810. The third-order valence-corrected chi connectivity index (χ3v) is 3.96. The Balaban J connectivity index is 1.95. The number of carbonyl (C=O) groups excluding carboxylic acids is 2. The van der Waals surface area contributed by atoms with Crippen molar-refractivity contribution >= 4 is 11.9 Å². The molecule has 4 nitrogen and oxygen atoms in total. The summed E-state index contributed by atoms with van der Waals surface area (Å²) < 4.78 is 10.7. The van der Waals surface area contributed by atoms with E-state index in [0.29, 0.717) is 0 Å². The minimum atomic E-state index is -0.576. The highest BCUT2D eigenvalue weighted by Gasteiger charge is 2.29. The van der Waals surface area contributed by atoms with Gasteiger partial charge < -0.3 is 9.47 Å². The molecule has 2 rings (SSSR count). The number of carbonyl (C=O) groups is 2. The molecule has 1 aromatic carbocycles. The van der Waals surface area contributed by atoms with Gasteiger partial charge in [0.2, 0.25) is 0 Å². The molecule has 24 heavy (non-hydrogen) atoms. The molecule has 0 radical (unpaired) electrons. The van der Waals surface area contributed by atoms with Gasteiger partial charge in [0.15, 0.2) is 0 Å². The molecule has 0 aliphatic heterocycles. The average Bonchev–Trinajstić information content (AvgIpc) is 2.53. The van der Waals surface area contributed by atoms with Crippen molar-refractivity contribution in [3.05, 3.63) is 48.0 Å². The van der Waals surface area contributed by atoms with Crippen LogP contribution in [0.1, 0.15) is 57.9 Å².